The third-order valence-corrected chi connectivity index (χ3v) is 2.91. The van der Waals surface area contributed by atoms with Crippen molar-refractivity contribution in [3.8, 4) is 5.69 Å². The van der Waals surface area contributed by atoms with Gasteiger partial charge in [0, 0.05) is 24.2 Å². The first-order chi connectivity index (χ1) is 7.72. The molecule has 0 saturated carbocycles. The molecule has 16 heavy (non-hydrogen) atoms. The molecule has 1 heterocycles. The van der Waals surface area contributed by atoms with E-state index in [1.807, 2.05) is 37.4 Å². The molecule has 0 saturated heterocycles. The molecular weight excluding hydrogens is 224 g/mol. The zero-order valence-corrected chi connectivity index (χ0v) is 9.78. The summed E-state index contributed by atoms with van der Waals surface area (Å²) in [5.41, 5.74) is 2.85. The lowest BCUT2D eigenvalue weighted by Gasteiger charge is -2.06. The van der Waals surface area contributed by atoms with Crippen molar-refractivity contribution in [3.05, 3.63) is 46.7 Å². The highest BCUT2D eigenvalue weighted by molar-refractivity contribution is 6.31. The van der Waals surface area contributed by atoms with Crippen molar-refractivity contribution in [1.82, 2.24) is 9.78 Å². The standard InChI is InChI=1S/C12H13ClN2O/c1-9-11(13)3-2-4-12(9)15-7-5-10(14-15)6-8-16/h2-5,7,16H,6,8H2,1H3. The molecule has 0 unspecified atom stereocenters. The number of aromatic nitrogens is 2. The second-order valence-corrected chi connectivity index (χ2v) is 4.02. The van der Waals surface area contributed by atoms with Crippen LogP contribution in [0.3, 0.4) is 0 Å². The van der Waals surface area contributed by atoms with E-state index in [9.17, 15) is 0 Å². The molecule has 4 heteroatoms. The lowest BCUT2D eigenvalue weighted by molar-refractivity contribution is 0.298. The Kier molecular flexibility index (Phi) is 3.27. The summed E-state index contributed by atoms with van der Waals surface area (Å²) in [6, 6.07) is 7.63. The summed E-state index contributed by atoms with van der Waals surface area (Å²) in [4.78, 5) is 0. The number of hydrogen-bond donors (Lipinski definition) is 1. The molecule has 0 spiro atoms. The van der Waals surface area contributed by atoms with E-state index in [1.165, 1.54) is 0 Å². The average Bonchev–Trinajstić information content (AvgIpc) is 2.71. The van der Waals surface area contributed by atoms with Crippen LogP contribution in [0.25, 0.3) is 5.69 Å². The normalized spacial score (nSPS) is 10.7. The summed E-state index contributed by atoms with van der Waals surface area (Å²) in [6.45, 7) is 2.08. The first-order valence-electron chi connectivity index (χ1n) is 5.13. The Balaban J connectivity index is 2.39. The van der Waals surface area contributed by atoms with E-state index in [2.05, 4.69) is 5.10 Å². The van der Waals surface area contributed by atoms with Crippen LogP contribution in [0.5, 0.6) is 0 Å². The Morgan fingerprint density at radius 2 is 2.19 bits per heavy atom. The maximum absolute atomic E-state index is 8.83. The fourth-order valence-corrected chi connectivity index (χ4v) is 1.76. The molecule has 2 aromatic rings. The van der Waals surface area contributed by atoms with Crippen LogP contribution >= 0.6 is 11.6 Å². The van der Waals surface area contributed by atoms with Crippen molar-refractivity contribution in [1.29, 1.82) is 0 Å². The van der Waals surface area contributed by atoms with Gasteiger partial charge < -0.3 is 5.11 Å². The van der Waals surface area contributed by atoms with Crippen LogP contribution in [0.1, 0.15) is 11.3 Å². The van der Waals surface area contributed by atoms with Crippen molar-refractivity contribution >= 4 is 11.6 Å². The Morgan fingerprint density at radius 1 is 1.38 bits per heavy atom. The van der Waals surface area contributed by atoms with Crippen LogP contribution in [-0.2, 0) is 6.42 Å². The molecule has 1 N–H and O–H groups in total. The number of hydrogen-bond acceptors (Lipinski definition) is 2. The lowest BCUT2D eigenvalue weighted by Crippen LogP contribution is -2.00. The molecule has 2 rings (SSSR count). The average molecular weight is 237 g/mol. The summed E-state index contributed by atoms with van der Waals surface area (Å²) in [5, 5.41) is 13.9. The van der Waals surface area contributed by atoms with E-state index in [0.717, 1.165) is 22.0 Å². The Bertz CT molecular complexity index is 494. The topological polar surface area (TPSA) is 38.0 Å². The minimum atomic E-state index is 0.117. The zero-order chi connectivity index (χ0) is 11.5. The lowest BCUT2D eigenvalue weighted by atomic mass is 10.2. The molecule has 1 aromatic carbocycles. The SMILES string of the molecule is Cc1c(Cl)cccc1-n1ccc(CCO)n1. The van der Waals surface area contributed by atoms with E-state index in [-0.39, 0.29) is 6.61 Å². The van der Waals surface area contributed by atoms with Crippen LogP contribution in [0.15, 0.2) is 30.5 Å². The molecule has 0 aliphatic rings. The van der Waals surface area contributed by atoms with Crippen LogP contribution in [0.2, 0.25) is 5.02 Å². The Hall–Kier alpha value is -1.32. The number of halogens is 1. The van der Waals surface area contributed by atoms with Crippen LogP contribution < -0.4 is 0 Å². The Morgan fingerprint density at radius 3 is 2.94 bits per heavy atom. The van der Waals surface area contributed by atoms with Crippen LogP contribution in [0.4, 0.5) is 0 Å². The second-order valence-electron chi connectivity index (χ2n) is 3.61. The number of aliphatic hydroxyl groups excluding tert-OH is 1. The smallest absolute Gasteiger partial charge is 0.0689 e. The monoisotopic (exact) mass is 236 g/mol. The number of nitrogens with zero attached hydrogens (tertiary/aromatic N) is 2. The highest BCUT2D eigenvalue weighted by atomic mass is 35.5. The minimum Gasteiger partial charge on any atom is -0.396 e. The quantitative estimate of drug-likeness (QED) is 0.889. The number of rotatable bonds is 3. The van der Waals surface area contributed by atoms with E-state index in [0.29, 0.717) is 6.42 Å². The molecule has 0 fully saturated rings. The molecule has 3 nitrogen and oxygen atoms in total. The van der Waals surface area contributed by atoms with E-state index >= 15 is 0 Å². The van der Waals surface area contributed by atoms with Crippen molar-refractivity contribution in [2.24, 2.45) is 0 Å². The summed E-state index contributed by atoms with van der Waals surface area (Å²) in [6.07, 6.45) is 2.45. The molecule has 84 valence electrons. The van der Waals surface area contributed by atoms with Crippen molar-refractivity contribution in [2.75, 3.05) is 6.61 Å². The summed E-state index contributed by atoms with van der Waals surface area (Å²) in [7, 11) is 0. The van der Waals surface area contributed by atoms with Gasteiger partial charge in [0.1, 0.15) is 0 Å². The van der Waals surface area contributed by atoms with E-state index < -0.39 is 0 Å². The Labute approximate surface area is 99.3 Å². The van der Waals surface area contributed by atoms with Crippen LogP contribution in [0, 0.1) is 6.92 Å². The minimum absolute atomic E-state index is 0.117. The predicted octanol–water partition coefficient (Wildman–Crippen LogP) is 2.37. The van der Waals surface area contributed by atoms with Crippen molar-refractivity contribution in [2.45, 2.75) is 13.3 Å². The van der Waals surface area contributed by atoms with Gasteiger partial charge in [-0.1, -0.05) is 17.7 Å². The van der Waals surface area contributed by atoms with Gasteiger partial charge in [-0.25, -0.2) is 4.68 Å². The second kappa shape index (κ2) is 4.68. The maximum Gasteiger partial charge on any atom is 0.0689 e. The van der Waals surface area contributed by atoms with E-state index in [1.54, 1.807) is 4.68 Å². The fourth-order valence-electron chi connectivity index (χ4n) is 1.59. The van der Waals surface area contributed by atoms with Crippen molar-refractivity contribution < 1.29 is 5.11 Å². The van der Waals surface area contributed by atoms with Gasteiger partial charge in [0.05, 0.1) is 11.4 Å². The third-order valence-electron chi connectivity index (χ3n) is 2.50. The molecular formula is C12H13ClN2O. The number of aliphatic hydroxyl groups is 1. The largest absolute Gasteiger partial charge is 0.396 e. The van der Waals surface area contributed by atoms with Gasteiger partial charge in [-0.2, -0.15) is 5.10 Å². The fraction of sp³-hybridized carbons (Fsp3) is 0.250. The summed E-state index contributed by atoms with van der Waals surface area (Å²) in [5.74, 6) is 0. The van der Waals surface area contributed by atoms with Gasteiger partial charge in [0.25, 0.3) is 0 Å². The molecule has 1 aromatic heterocycles. The number of benzene rings is 1. The highest BCUT2D eigenvalue weighted by Crippen LogP contribution is 2.21. The van der Waals surface area contributed by atoms with Gasteiger partial charge >= 0.3 is 0 Å². The molecule has 0 radical (unpaired) electrons. The summed E-state index contributed by atoms with van der Waals surface area (Å²) < 4.78 is 1.78. The first kappa shape index (κ1) is 11.2. The molecule has 0 aliphatic heterocycles. The third kappa shape index (κ3) is 2.10. The summed E-state index contributed by atoms with van der Waals surface area (Å²) >= 11 is 6.05. The molecule has 0 amide bonds. The zero-order valence-electron chi connectivity index (χ0n) is 9.02. The van der Waals surface area contributed by atoms with E-state index in [4.69, 9.17) is 16.7 Å². The maximum atomic E-state index is 8.83. The highest BCUT2D eigenvalue weighted by Gasteiger charge is 2.05. The molecule has 0 atom stereocenters. The van der Waals surface area contributed by atoms with Gasteiger partial charge in [-0.3, -0.25) is 0 Å². The predicted molar refractivity (Wildman–Crippen MR) is 64.1 cm³/mol. The molecule has 0 aliphatic carbocycles. The van der Waals surface area contributed by atoms with Crippen LogP contribution in [-0.4, -0.2) is 21.5 Å². The van der Waals surface area contributed by atoms with Gasteiger partial charge in [0.2, 0.25) is 0 Å². The van der Waals surface area contributed by atoms with Crippen molar-refractivity contribution in [3.63, 3.8) is 0 Å². The van der Waals surface area contributed by atoms with Gasteiger partial charge in [-0.05, 0) is 30.7 Å². The van der Waals surface area contributed by atoms with Gasteiger partial charge in [0.15, 0.2) is 0 Å². The molecule has 0 bridgehead atoms. The van der Waals surface area contributed by atoms with Gasteiger partial charge in [-0.15, -0.1) is 0 Å². The first-order valence-corrected chi connectivity index (χ1v) is 5.51.